The van der Waals surface area contributed by atoms with Gasteiger partial charge < -0.3 is 10.2 Å². The van der Waals surface area contributed by atoms with E-state index in [0.717, 1.165) is 37.5 Å². The van der Waals surface area contributed by atoms with E-state index in [1.54, 1.807) is 5.57 Å². The van der Waals surface area contributed by atoms with E-state index in [-0.39, 0.29) is 11.5 Å². The lowest BCUT2D eigenvalue weighted by atomic mass is 9.49. The zero-order chi connectivity index (χ0) is 21.0. The van der Waals surface area contributed by atoms with E-state index in [1.165, 1.54) is 44.1 Å². The van der Waals surface area contributed by atoms with Crippen molar-refractivity contribution in [2.24, 2.45) is 34.5 Å². The fraction of sp³-hybridized carbons (Fsp3) is 0.852. The largest absolute Gasteiger partial charge is 0.392 e. The maximum absolute atomic E-state index is 11.0. The van der Waals surface area contributed by atoms with Crippen LogP contribution in [0, 0.1) is 34.5 Å². The van der Waals surface area contributed by atoms with Crippen molar-refractivity contribution in [1.29, 1.82) is 0 Å². The highest BCUT2D eigenvalue weighted by Crippen LogP contribution is 2.66. The zero-order valence-electron chi connectivity index (χ0n) is 19.5. The first-order valence-electron chi connectivity index (χ1n) is 12.4. The molecule has 2 N–H and O–H groups in total. The van der Waals surface area contributed by atoms with E-state index in [1.807, 2.05) is 13.8 Å². The molecule has 7 atom stereocenters. The first-order valence-corrected chi connectivity index (χ1v) is 12.4. The minimum Gasteiger partial charge on any atom is -0.392 e. The predicted molar refractivity (Wildman–Crippen MR) is 120 cm³/mol. The third-order valence-electron chi connectivity index (χ3n) is 9.83. The second-order valence-corrected chi connectivity index (χ2v) is 12.1. The molecule has 2 heteroatoms. The Morgan fingerprint density at radius 3 is 2.59 bits per heavy atom. The topological polar surface area (TPSA) is 40.5 Å². The first-order chi connectivity index (χ1) is 13.6. The second-order valence-electron chi connectivity index (χ2n) is 12.1. The van der Waals surface area contributed by atoms with E-state index in [4.69, 9.17) is 0 Å². The lowest BCUT2D eigenvalue weighted by Crippen LogP contribution is -2.50. The average Bonchev–Trinajstić information content (AvgIpc) is 2.99. The highest BCUT2D eigenvalue weighted by molar-refractivity contribution is 5.39. The van der Waals surface area contributed by atoms with Gasteiger partial charge in [-0.15, -0.1) is 0 Å². The Bertz CT molecular complexity index is 683. The number of allylic oxidation sites excluding steroid dienone is 3. The number of fused-ring (bicyclic) bond motifs is 5. The summed E-state index contributed by atoms with van der Waals surface area (Å²) in [6, 6.07) is 0. The summed E-state index contributed by atoms with van der Waals surface area (Å²) in [6.07, 6.45) is 16.5. The van der Waals surface area contributed by atoms with Gasteiger partial charge in [-0.2, -0.15) is 0 Å². The molecule has 29 heavy (non-hydrogen) atoms. The molecule has 3 fully saturated rings. The molecule has 0 heterocycles. The number of aliphatic hydroxyl groups excluding tert-OH is 1. The normalized spacial score (nSPS) is 43.0. The van der Waals surface area contributed by atoms with Crippen molar-refractivity contribution in [3.8, 4) is 0 Å². The lowest BCUT2D eigenvalue weighted by Gasteiger charge is -2.56. The van der Waals surface area contributed by atoms with Crippen LogP contribution in [0.3, 0.4) is 0 Å². The molecular formula is C27H44O2. The zero-order valence-corrected chi connectivity index (χ0v) is 19.5. The molecule has 0 saturated heterocycles. The van der Waals surface area contributed by atoms with Crippen LogP contribution in [0.4, 0.5) is 0 Å². The van der Waals surface area contributed by atoms with Gasteiger partial charge in [0.25, 0.3) is 0 Å². The van der Waals surface area contributed by atoms with Gasteiger partial charge in [0.15, 0.2) is 0 Å². The van der Waals surface area contributed by atoms with Crippen LogP contribution in [-0.4, -0.2) is 21.9 Å². The lowest BCUT2D eigenvalue weighted by molar-refractivity contribution is -0.0248. The van der Waals surface area contributed by atoms with Crippen molar-refractivity contribution < 1.29 is 10.2 Å². The van der Waals surface area contributed by atoms with Crippen molar-refractivity contribution in [3.05, 3.63) is 23.3 Å². The average molecular weight is 401 g/mol. The SMILES string of the molecule is C[C@H](CCCC(C)(C)O)[C@H]1CC[C@H]2C3=CC=C4CCC[C@H](O)[C@]4(C)[C@H]3CC[C@]12C. The molecule has 4 aliphatic carbocycles. The van der Waals surface area contributed by atoms with Gasteiger partial charge >= 0.3 is 0 Å². The van der Waals surface area contributed by atoms with Gasteiger partial charge in [-0.25, -0.2) is 0 Å². The smallest absolute Gasteiger partial charge is 0.0636 e. The molecule has 0 aromatic carbocycles. The summed E-state index contributed by atoms with van der Waals surface area (Å²) in [6.45, 7) is 11.3. The summed E-state index contributed by atoms with van der Waals surface area (Å²) in [5, 5.41) is 21.1. The number of hydrogen-bond acceptors (Lipinski definition) is 2. The summed E-state index contributed by atoms with van der Waals surface area (Å²) in [4.78, 5) is 0. The van der Waals surface area contributed by atoms with Crippen LogP contribution in [0.2, 0.25) is 0 Å². The van der Waals surface area contributed by atoms with Crippen LogP contribution in [0.15, 0.2) is 23.3 Å². The fourth-order valence-corrected chi connectivity index (χ4v) is 8.09. The van der Waals surface area contributed by atoms with Crippen molar-refractivity contribution in [2.45, 2.75) is 111 Å². The Kier molecular flexibility index (Phi) is 5.61. The molecule has 0 radical (unpaired) electrons. The van der Waals surface area contributed by atoms with Gasteiger partial charge in [-0.1, -0.05) is 56.9 Å². The van der Waals surface area contributed by atoms with Crippen LogP contribution in [0.1, 0.15) is 98.8 Å². The summed E-state index contributed by atoms with van der Waals surface area (Å²) in [7, 11) is 0. The van der Waals surface area contributed by atoms with Crippen LogP contribution < -0.4 is 0 Å². The van der Waals surface area contributed by atoms with E-state index in [0.29, 0.717) is 17.3 Å². The molecule has 0 aromatic heterocycles. The Morgan fingerprint density at radius 2 is 1.86 bits per heavy atom. The highest BCUT2D eigenvalue weighted by Gasteiger charge is 2.58. The van der Waals surface area contributed by atoms with E-state index in [9.17, 15) is 10.2 Å². The van der Waals surface area contributed by atoms with E-state index >= 15 is 0 Å². The van der Waals surface area contributed by atoms with E-state index in [2.05, 4.69) is 32.9 Å². The molecule has 0 aromatic rings. The second kappa shape index (κ2) is 7.52. The number of hydrogen-bond donors (Lipinski definition) is 2. The van der Waals surface area contributed by atoms with Gasteiger partial charge in [0, 0.05) is 5.41 Å². The molecule has 164 valence electrons. The van der Waals surface area contributed by atoms with E-state index < -0.39 is 5.60 Å². The van der Waals surface area contributed by atoms with Crippen molar-refractivity contribution in [1.82, 2.24) is 0 Å². The third-order valence-corrected chi connectivity index (χ3v) is 9.83. The van der Waals surface area contributed by atoms with Crippen LogP contribution in [0.25, 0.3) is 0 Å². The van der Waals surface area contributed by atoms with Gasteiger partial charge in [0.05, 0.1) is 11.7 Å². The maximum Gasteiger partial charge on any atom is 0.0636 e. The number of rotatable bonds is 5. The van der Waals surface area contributed by atoms with Gasteiger partial charge in [0.2, 0.25) is 0 Å². The van der Waals surface area contributed by atoms with Crippen molar-refractivity contribution in [3.63, 3.8) is 0 Å². The van der Waals surface area contributed by atoms with Crippen molar-refractivity contribution >= 4 is 0 Å². The standard InChI is InChI=1S/C27H44O2/c1-18(8-7-16-25(2,3)29)21-13-14-22-20-12-11-19-9-6-10-24(28)27(19,5)23(20)15-17-26(21,22)4/h11-12,18,21-24,28-29H,6-10,13-17H2,1-5H3/t18-,21-,22+,23+,24+,26-,27+/m1/s1. The van der Waals surface area contributed by atoms with Gasteiger partial charge in [-0.3, -0.25) is 0 Å². The maximum atomic E-state index is 11.0. The molecule has 0 bridgehead atoms. The molecule has 0 unspecified atom stereocenters. The first kappa shape index (κ1) is 21.6. The molecule has 4 rings (SSSR count). The monoisotopic (exact) mass is 400 g/mol. The molecule has 0 spiro atoms. The summed E-state index contributed by atoms with van der Waals surface area (Å²) in [5.74, 6) is 2.78. The Hall–Kier alpha value is -0.600. The van der Waals surface area contributed by atoms with Gasteiger partial charge in [0.1, 0.15) is 0 Å². The summed E-state index contributed by atoms with van der Waals surface area (Å²) in [5.41, 5.74) is 3.06. The number of aliphatic hydroxyl groups is 2. The van der Waals surface area contributed by atoms with Crippen LogP contribution in [0.5, 0.6) is 0 Å². The minimum absolute atomic E-state index is 0.0138. The molecular weight excluding hydrogens is 356 g/mol. The van der Waals surface area contributed by atoms with Crippen LogP contribution in [-0.2, 0) is 0 Å². The van der Waals surface area contributed by atoms with Crippen molar-refractivity contribution in [2.75, 3.05) is 0 Å². The Morgan fingerprint density at radius 1 is 1.10 bits per heavy atom. The summed E-state index contributed by atoms with van der Waals surface area (Å²) < 4.78 is 0. The van der Waals surface area contributed by atoms with Gasteiger partial charge in [-0.05, 0) is 94.3 Å². The fourth-order valence-electron chi connectivity index (χ4n) is 8.09. The predicted octanol–water partition coefficient (Wildman–Crippen LogP) is 6.42. The molecule has 0 amide bonds. The minimum atomic E-state index is -0.535. The Balaban J connectivity index is 1.52. The molecule has 4 aliphatic rings. The molecule has 3 saturated carbocycles. The summed E-state index contributed by atoms with van der Waals surface area (Å²) >= 11 is 0. The highest BCUT2D eigenvalue weighted by atomic mass is 16.3. The van der Waals surface area contributed by atoms with Crippen LogP contribution >= 0.6 is 0 Å². The molecule has 2 nitrogen and oxygen atoms in total. The Labute approximate surface area is 178 Å². The quantitative estimate of drug-likeness (QED) is 0.559. The molecule has 0 aliphatic heterocycles. The third kappa shape index (κ3) is 3.57.